The summed E-state index contributed by atoms with van der Waals surface area (Å²) in [6.07, 6.45) is 0. The highest BCUT2D eigenvalue weighted by molar-refractivity contribution is 7.91. The predicted octanol–water partition coefficient (Wildman–Crippen LogP) is 1.15. The van der Waals surface area contributed by atoms with Crippen LogP contribution in [0.3, 0.4) is 0 Å². The summed E-state index contributed by atoms with van der Waals surface area (Å²) in [5.41, 5.74) is 0. The van der Waals surface area contributed by atoms with Crippen molar-refractivity contribution >= 4 is 38.9 Å². The minimum atomic E-state index is -3.84. The van der Waals surface area contributed by atoms with Crippen LogP contribution in [0.4, 0.5) is 0 Å². The summed E-state index contributed by atoms with van der Waals surface area (Å²) in [7, 11) is -3.84. The van der Waals surface area contributed by atoms with Crippen molar-refractivity contribution in [3.05, 3.63) is 16.5 Å². The number of aliphatic carboxylic acids is 1. The summed E-state index contributed by atoms with van der Waals surface area (Å²) in [6.45, 7) is 1.24. The summed E-state index contributed by atoms with van der Waals surface area (Å²) >= 11 is 6.57. The number of carbonyl (C=O) groups is 1. The Morgan fingerprint density at radius 1 is 1.67 bits per heavy atom. The minimum absolute atomic E-state index is 0.0720. The molecule has 1 rings (SSSR count). The number of sulfonamides is 1. The van der Waals surface area contributed by atoms with Crippen LogP contribution in [0.25, 0.3) is 0 Å². The van der Waals surface area contributed by atoms with Crippen LogP contribution in [0, 0.1) is 0 Å². The Morgan fingerprint density at radius 3 is 2.67 bits per heavy atom. The molecule has 0 saturated heterocycles. The third-order valence-electron chi connectivity index (χ3n) is 1.53. The van der Waals surface area contributed by atoms with Crippen molar-refractivity contribution in [2.75, 3.05) is 0 Å². The van der Waals surface area contributed by atoms with E-state index in [1.165, 1.54) is 18.4 Å². The van der Waals surface area contributed by atoms with E-state index in [1.807, 2.05) is 4.72 Å². The van der Waals surface area contributed by atoms with Gasteiger partial charge in [-0.05, 0) is 18.4 Å². The fraction of sp³-hybridized carbons (Fsp3) is 0.286. The number of rotatable bonds is 4. The van der Waals surface area contributed by atoms with Gasteiger partial charge < -0.3 is 5.11 Å². The number of halogens is 1. The van der Waals surface area contributed by atoms with Crippen molar-refractivity contribution < 1.29 is 18.3 Å². The standard InChI is InChI=1S/C7H8ClNO4S2/c1-4(6(10)11)9-15(12,13)7-5(8)2-3-14-7/h2-4,9H,1H3,(H,10,11)/t4-/m1/s1. The Balaban J connectivity index is 2.96. The molecule has 15 heavy (non-hydrogen) atoms. The van der Waals surface area contributed by atoms with Gasteiger partial charge >= 0.3 is 5.97 Å². The van der Waals surface area contributed by atoms with E-state index < -0.39 is 22.0 Å². The lowest BCUT2D eigenvalue weighted by Gasteiger charge is -2.08. The van der Waals surface area contributed by atoms with Crippen molar-refractivity contribution in [1.29, 1.82) is 0 Å². The Bertz CT molecular complexity index is 467. The van der Waals surface area contributed by atoms with Crippen LogP contribution in [0.15, 0.2) is 15.7 Å². The Hall–Kier alpha value is -0.630. The molecular formula is C7H8ClNO4S2. The molecule has 0 amide bonds. The molecule has 0 saturated carbocycles. The van der Waals surface area contributed by atoms with Crippen molar-refractivity contribution in [2.45, 2.75) is 17.2 Å². The molecule has 5 nitrogen and oxygen atoms in total. The van der Waals surface area contributed by atoms with Crippen LogP contribution in [-0.2, 0) is 14.8 Å². The Labute approximate surface area is 95.7 Å². The molecule has 0 unspecified atom stereocenters. The van der Waals surface area contributed by atoms with Crippen LogP contribution in [0.2, 0.25) is 5.02 Å². The molecule has 2 N–H and O–H groups in total. The second-order valence-electron chi connectivity index (χ2n) is 2.74. The molecule has 0 aliphatic carbocycles. The van der Waals surface area contributed by atoms with Gasteiger partial charge in [-0.2, -0.15) is 4.72 Å². The SMILES string of the molecule is C[C@@H](NS(=O)(=O)c1sccc1Cl)C(=O)O. The first-order chi connectivity index (χ1) is 6.84. The topological polar surface area (TPSA) is 83.5 Å². The highest BCUT2D eigenvalue weighted by Crippen LogP contribution is 2.26. The molecule has 84 valence electrons. The van der Waals surface area contributed by atoms with Gasteiger partial charge in [0.15, 0.2) is 4.21 Å². The van der Waals surface area contributed by atoms with Gasteiger partial charge in [0, 0.05) is 0 Å². The monoisotopic (exact) mass is 269 g/mol. The summed E-state index contributed by atoms with van der Waals surface area (Å²) < 4.78 is 25.1. The number of nitrogens with one attached hydrogen (secondary N) is 1. The average molecular weight is 270 g/mol. The molecule has 1 aromatic heterocycles. The summed E-state index contributed by atoms with van der Waals surface area (Å²) in [5.74, 6) is -1.24. The second-order valence-corrected chi connectivity index (χ2v) is 5.97. The molecule has 0 aliphatic rings. The van der Waals surface area contributed by atoms with Crippen LogP contribution in [-0.4, -0.2) is 25.5 Å². The van der Waals surface area contributed by atoms with E-state index in [2.05, 4.69) is 0 Å². The number of carboxylic acid groups (broad SMARTS) is 1. The van der Waals surface area contributed by atoms with Gasteiger partial charge in [0.2, 0.25) is 0 Å². The quantitative estimate of drug-likeness (QED) is 0.859. The zero-order valence-corrected chi connectivity index (χ0v) is 9.99. The predicted molar refractivity (Wildman–Crippen MR) is 56.7 cm³/mol. The van der Waals surface area contributed by atoms with E-state index in [0.717, 1.165) is 11.3 Å². The van der Waals surface area contributed by atoms with E-state index >= 15 is 0 Å². The molecule has 0 aromatic carbocycles. The fourth-order valence-corrected chi connectivity index (χ4v) is 3.71. The van der Waals surface area contributed by atoms with Gasteiger partial charge in [0.25, 0.3) is 10.0 Å². The molecule has 8 heteroatoms. The van der Waals surface area contributed by atoms with E-state index in [9.17, 15) is 13.2 Å². The maximum absolute atomic E-state index is 11.6. The molecule has 1 aromatic rings. The molecule has 0 aliphatic heterocycles. The second kappa shape index (κ2) is 4.48. The number of hydrogen-bond donors (Lipinski definition) is 2. The lowest BCUT2D eigenvalue weighted by molar-refractivity contribution is -0.138. The van der Waals surface area contributed by atoms with Gasteiger partial charge in [-0.15, -0.1) is 11.3 Å². The number of hydrogen-bond acceptors (Lipinski definition) is 4. The summed E-state index contributed by atoms with van der Waals surface area (Å²) in [5, 5.41) is 10.2. The highest BCUT2D eigenvalue weighted by Gasteiger charge is 2.24. The highest BCUT2D eigenvalue weighted by atomic mass is 35.5. The average Bonchev–Trinajstić information content (AvgIpc) is 2.50. The van der Waals surface area contributed by atoms with Gasteiger partial charge in [-0.3, -0.25) is 4.79 Å². The van der Waals surface area contributed by atoms with Crippen molar-refractivity contribution in [3.63, 3.8) is 0 Å². The van der Waals surface area contributed by atoms with Crippen LogP contribution in [0.1, 0.15) is 6.92 Å². The van der Waals surface area contributed by atoms with E-state index in [4.69, 9.17) is 16.7 Å². The Morgan fingerprint density at radius 2 is 2.27 bits per heavy atom. The lowest BCUT2D eigenvalue weighted by Crippen LogP contribution is -2.38. The van der Waals surface area contributed by atoms with Gasteiger partial charge in [-0.1, -0.05) is 11.6 Å². The zero-order chi connectivity index (χ0) is 11.6. The normalized spacial score (nSPS) is 13.7. The summed E-state index contributed by atoms with van der Waals surface area (Å²) in [4.78, 5) is 10.5. The van der Waals surface area contributed by atoms with E-state index in [-0.39, 0.29) is 9.23 Å². The molecule has 1 atom stereocenters. The maximum atomic E-state index is 11.6. The fourth-order valence-electron chi connectivity index (χ4n) is 0.808. The lowest BCUT2D eigenvalue weighted by atomic mass is 10.4. The maximum Gasteiger partial charge on any atom is 0.321 e. The van der Waals surface area contributed by atoms with E-state index in [1.54, 1.807) is 0 Å². The molecule has 0 spiro atoms. The zero-order valence-electron chi connectivity index (χ0n) is 7.60. The number of carboxylic acids is 1. The first-order valence-corrected chi connectivity index (χ1v) is 6.57. The first-order valence-electron chi connectivity index (χ1n) is 3.82. The van der Waals surface area contributed by atoms with Crippen molar-refractivity contribution in [1.82, 2.24) is 4.72 Å². The Kier molecular flexibility index (Phi) is 3.72. The molecule has 0 fully saturated rings. The van der Waals surface area contributed by atoms with Crippen molar-refractivity contribution in [3.8, 4) is 0 Å². The number of thiophene rings is 1. The third-order valence-corrected chi connectivity index (χ3v) is 5.09. The molecule has 0 radical (unpaired) electrons. The third kappa shape index (κ3) is 2.91. The van der Waals surface area contributed by atoms with Gasteiger partial charge in [-0.25, -0.2) is 8.42 Å². The van der Waals surface area contributed by atoms with Crippen molar-refractivity contribution in [2.24, 2.45) is 0 Å². The molecular weight excluding hydrogens is 262 g/mol. The first kappa shape index (κ1) is 12.4. The smallest absolute Gasteiger partial charge is 0.321 e. The van der Waals surface area contributed by atoms with Gasteiger partial charge in [0.05, 0.1) is 5.02 Å². The van der Waals surface area contributed by atoms with Gasteiger partial charge in [0.1, 0.15) is 6.04 Å². The van der Waals surface area contributed by atoms with Crippen LogP contribution in [0.5, 0.6) is 0 Å². The molecule has 0 bridgehead atoms. The largest absolute Gasteiger partial charge is 0.480 e. The minimum Gasteiger partial charge on any atom is -0.480 e. The van der Waals surface area contributed by atoms with Crippen LogP contribution >= 0.6 is 22.9 Å². The van der Waals surface area contributed by atoms with E-state index in [0.29, 0.717) is 0 Å². The summed E-state index contributed by atoms with van der Waals surface area (Å²) in [6, 6.07) is 0.250. The molecule has 1 heterocycles. The van der Waals surface area contributed by atoms with Crippen LogP contribution < -0.4 is 4.72 Å².